The van der Waals surface area contributed by atoms with Crippen LogP contribution in [0.1, 0.15) is 25.0 Å². The molecule has 0 spiro atoms. The van der Waals surface area contributed by atoms with Gasteiger partial charge in [0.25, 0.3) is 5.56 Å². The number of anilines is 1. The van der Waals surface area contributed by atoms with Crippen LogP contribution in [0.4, 0.5) is 5.95 Å². The lowest BCUT2D eigenvalue weighted by atomic mass is 10.1. The summed E-state index contributed by atoms with van der Waals surface area (Å²) in [5.74, 6) is 5.20. The van der Waals surface area contributed by atoms with E-state index in [9.17, 15) is 9.59 Å². The summed E-state index contributed by atoms with van der Waals surface area (Å²) in [6, 6.07) is 1.32. The van der Waals surface area contributed by atoms with E-state index in [4.69, 9.17) is 5.84 Å². The standard InChI is InChI=1S/C11H17N5O2/c12-15-10(18)7-8-6-9(17)14-11(13-8)16-4-2-1-3-5-16/h6H,1-5,7,12H2,(H,15,18)(H,13,14,17). The van der Waals surface area contributed by atoms with Crippen molar-refractivity contribution >= 4 is 11.9 Å². The third-order valence-corrected chi connectivity index (χ3v) is 2.94. The Hall–Kier alpha value is -1.89. The fourth-order valence-electron chi connectivity index (χ4n) is 2.06. The molecule has 0 bridgehead atoms. The van der Waals surface area contributed by atoms with Crippen LogP contribution in [0.5, 0.6) is 0 Å². The van der Waals surface area contributed by atoms with Crippen molar-refractivity contribution in [2.45, 2.75) is 25.7 Å². The van der Waals surface area contributed by atoms with Crippen LogP contribution in [0.2, 0.25) is 0 Å². The lowest BCUT2D eigenvalue weighted by Crippen LogP contribution is -2.34. The monoisotopic (exact) mass is 251 g/mol. The average molecular weight is 251 g/mol. The molecule has 7 heteroatoms. The molecule has 18 heavy (non-hydrogen) atoms. The summed E-state index contributed by atoms with van der Waals surface area (Å²) < 4.78 is 0. The molecule has 0 unspecified atom stereocenters. The number of amides is 1. The number of piperidine rings is 1. The summed E-state index contributed by atoms with van der Waals surface area (Å²) >= 11 is 0. The van der Waals surface area contributed by atoms with Crippen molar-refractivity contribution in [1.82, 2.24) is 15.4 Å². The van der Waals surface area contributed by atoms with Crippen molar-refractivity contribution in [2.24, 2.45) is 5.84 Å². The van der Waals surface area contributed by atoms with Crippen LogP contribution >= 0.6 is 0 Å². The predicted molar refractivity (Wildman–Crippen MR) is 67.0 cm³/mol. The normalized spacial score (nSPS) is 15.5. The van der Waals surface area contributed by atoms with E-state index in [1.54, 1.807) is 0 Å². The van der Waals surface area contributed by atoms with Gasteiger partial charge in [0, 0.05) is 19.2 Å². The van der Waals surface area contributed by atoms with E-state index < -0.39 is 0 Å². The minimum atomic E-state index is -0.363. The van der Waals surface area contributed by atoms with E-state index in [0.29, 0.717) is 11.6 Å². The van der Waals surface area contributed by atoms with Crippen LogP contribution in [0.25, 0.3) is 0 Å². The third kappa shape index (κ3) is 3.07. The lowest BCUT2D eigenvalue weighted by molar-refractivity contribution is -0.120. The van der Waals surface area contributed by atoms with Gasteiger partial charge < -0.3 is 4.90 Å². The zero-order valence-corrected chi connectivity index (χ0v) is 10.1. The fourth-order valence-corrected chi connectivity index (χ4v) is 2.06. The molecule has 1 aromatic heterocycles. The second-order valence-electron chi connectivity index (χ2n) is 4.35. The van der Waals surface area contributed by atoms with Gasteiger partial charge in [-0.2, -0.15) is 0 Å². The number of aromatic nitrogens is 2. The Bertz CT molecular complexity index is 479. The maximum Gasteiger partial charge on any atom is 0.252 e. The molecule has 2 heterocycles. The third-order valence-electron chi connectivity index (χ3n) is 2.94. The van der Waals surface area contributed by atoms with Crippen LogP contribution < -0.4 is 21.7 Å². The van der Waals surface area contributed by atoms with Gasteiger partial charge in [-0.3, -0.25) is 20.0 Å². The first kappa shape index (κ1) is 12.6. The number of hydrazine groups is 1. The molecule has 1 saturated heterocycles. The minimum absolute atomic E-state index is 0.0151. The number of carbonyl (C=O) groups excluding carboxylic acids is 1. The number of hydrogen-bond donors (Lipinski definition) is 3. The maximum absolute atomic E-state index is 11.5. The van der Waals surface area contributed by atoms with Gasteiger partial charge in [-0.25, -0.2) is 10.8 Å². The largest absolute Gasteiger partial charge is 0.342 e. The SMILES string of the molecule is NNC(=O)Cc1cc(=O)[nH]c(N2CCCCC2)n1. The van der Waals surface area contributed by atoms with Gasteiger partial charge in [0.15, 0.2) is 0 Å². The molecule has 0 saturated carbocycles. The van der Waals surface area contributed by atoms with Crippen LogP contribution in [-0.4, -0.2) is 29.0 Å². The molecule has 1 aliphatic heterocycles. The first-order valence-electron chi connectivity index (χ1n) is 6.03. The van der Waals surface area contributed by atoms with Gasteiger partial charge in [0.05, 0.1) is 12.1 Å². The number of hydrogen-bond acceptors (Lipinski definition) is 5. The average Bonchev–Trinajstić information content (AvgIpc) is 2.39. The highest BCUT2D eigenvalue weighted by atomic mass is 16.2. The number of carbonyl (C=O) groups is 1. The smallest absolute Gasteiger partial charge is 0.252 e. The van der Waals surface area contributed by atoms with E-state index in [1.165, 1.54) is 12.5 Å². The minimum Gasteiger partial charge on any atom is -0.342 e. The summed E-state index contributed by atoms with van der Waals surface area (Å²) in [7, 11) is 0. The van der Waals surface area contributed by atoms with Crippen molar-refractivity contribution in [1.29, 1.82) is 0 Å². The highest BCUT2D eigenvalue weighted by Crippen LogP contribution is 2.14. The first-order chi connectivity index (χ1) is 8.69. The molecule has 4 N–H and O–H groups in total. The molecule has 1 aromatic rings. The summed E-state index contributed by atoms with van der Waals surface area (Å²) in [5.41, 5.74) is 2.21. The van der Waals surface area contributed by atoms with Gasteiger partial charge in [0.1, 0.15) is 0 Å². The zero-order chi connectivity index (χ0) is 13.0. The Morgan fingerprint density at radius 1 is 1.44 bits per heavy atom. The van der Waals surface area contributed by atoms with Gasteiger partial charge in [0.2, 0.25) is 11.9 Å². The maximum atomic E-state index is 11.5. The van der Waals surface area contributed by atoms with Crippen LogP contribution in [0, 0.1) is 0 Å². The van der Waals surface area contributed by atoms with Crippen LogP contribution in [-0.2, 0) is 11.2 Å². The molecule has 0 radical (unpaired) electrons. The lowest BCUT2D eigenvalue weighted by Gasteiger charge is -2.27. The Balaban J connectivity index is 2.20. The molecule has 2 rings (SSSR count). The number of H-pyrrole nitrogens is 1. The molecule has 1 fully saturated rings. The first-order valence-corrected chi connectivity index (χ1v) is 6.03. The van der Waals surface area contributed by atoms with Crippen LogP contribution in [0.15, 0.2) is 10.9 Å². The molecular formula is C11H17N5O2. The number of nitrogens with two attached hydrogens (primary N) is 1. The molecule has 7 nitrogen and oxygen atoms in total. The number of aromatic amines is 1. The van der Waals surface area contributed by atoms with Crippen molar-refractivity contribution < 1.29 is 4.79 Å². The number of nitrogens with one attached hydrogen (secondary N) is 2. The van der Waals surface area contributed by atoms with Gasteiger partial charge in [-0.05, 0) is 19.3 Å². The molecular weight excluding hydrogens is 234 g/mol. The predicted octanol–water partition coefficient (Wildman–Crippen LogP) is -0.707. The van der Waals surface area contributed by atoms with Crippen molar-refractivity contribution in [3.63, 3.8) is 0 Å². The van der Waals surface area contributed by atoms with Gasteiger partial charge in [-0.1, -0.05) is 0 Å². The van der Waals surface area contributed by atoms with E-state index in [2.05, 4.69) is 9.97 Å². The molecule has 98 valence electrons. The Kier molecular flexibility index (Phi) is 3.93. The Labute approximate surface area is 104 Å². The number of rotatable bonds is 3. The molecule has 1 aliphatic rings. The molecule has 0 aromatic carbocycles. The highest BCUT2D eigenvalue weighted by Gasteiger charge is 2.14. The van der Waals surface area contributed by atoms with Crippen molar-refractivity contribution in [3.05, 3.63) is 22.1 Å². The fraction of sp³-hybridized carbons (Fsp3) is 0.545. The topological polar surface area (TPSA) is 104 Å². The van der Waals surface area contributed by atoms with E-state index in [-0.39, 0.29) is 17.9 Å². The highest BCUT2D eigenvalue weighted by molar-refractivity contribution is 5.77. The van der Waals surface area contributed by atoms with Crippen LogP contribution in [0.3, 0.4) is 0 Å². The Morgan fingerprint density at radius 2 is 2.17 bits per heavy atom. The molecule has 0 aliphatic carbocycles. The molecule has 0 atom stereocenters. The van der Waals surface area contributed by atoms with E-state index in [0.717, 1.165) is 25.9 Å². The number of nitrogens with zero attached hydrogens (tertiary/aromatic N) is 2. The van der Waals surface area contributed by atoms with Gasteiger partial charge in [-0.15, -0.1) is 0 Å². The molecule has 1 amide bonds. The summed E-state index contributed by atoms with van der Waals surface area (Å²) in [5, 5.41) is 0. The summed E-state index contributed by atoms with van der Waals surface area (Å²) in [6.45, 7) is 1.77. The second-order valence-corrected chi connectivity index (χ2v) is 4.35. The van der Waals surface area contributed by atoms with Crippen molar-refractivity contribution in [3.8, 4) is 0 Å². The summed E-state index contributed by atoms with van der Waals surface area (Å²) in [4.78, 5) is 31.8. The zero-order valence-electron chi connectivity index (χ0n) is 10.1. The second kappa shape index (κ2) is 5.63. The van der Waals surface area contributed by atoms with Gasteiger partial charge >= 0.3 is 0 Å². The van der Waals surface area contributed by atoms with Crippen molar-refractivity contribution in [2.75, 3.05) is 18.0 Å². The summed E-state index contributed by atoms with van der Waals surface area (Å²) in [6.07, 6.45) is 3.41. The Morgan fingerprint density at radius 3 is 2.83 bits per heavy atom. The van der Waals surface area contributed by atoms with E-state index >= 15 is 0 Å². The van der Waals surface area contributed by atoms with E-state index in [1.807, 2.05) is 10.3 Å². The quantitative estimate of drug-likeness (QED) is 0.374.